The molecule has 0 spiro atoms. The van der Waals surface area contributed by atoms with Gasteiger partial charge in [-0.3, -0.25) is 4.79 Å². The zero-order chi connectivity index (χ0) is 15.5. The first-order chi connectivity index (χ1) is 9.85. The Balaban J connectivity index is 1.91. The quantitative estimate of drug-likeness (QED) is 0.842. The van der Waals surface area contributed by atoms with Crippen LogP contribution in [0, 0.1) is 5.41 Å². The van der Waals surface area contributed by atoms with Gasteiger partial charge in [0.25, 0.3) is 0 Å². The molecule has 3 nitrogen and oxygen atoms in total. The minimum atomic E-state index is -0.750. The Hall–Kier alpha value is -1.35. The lowest BCUT2D eigenvalue weighted by atomic mass is 9.88. The van der Waals surface area contributed by atoms with Crippen molar-refractivity contribution in [3.8, 4) is 0 Å². The van der Waals surface area contributed by atoms with Crippen LogP contribution < -0.4 is 5.32 Å². The van der Waals surface area contributed by atoms with Crippen LogP contribution in [-0.2, 0) is 24.2 Å². The molecule has 2 N–H and O–H groups in total. The Kier molecular flexibility index (Phi) is 5.04. The highest BCUT2D eigenvalue weighted by Gasteiger charge is 2.20. The van der Waals surface area contributed by atoms with Crippen molar-refractivity contribution in [2.45, 2.75) is 65.5 Å². The minimum absolute atomic E-state index is 0.170. The highest BCUT2D eigenvalue weighted by atomic mass is 16.4. The SMILES string of the molecule is CC(C)(C)CC[C@H](NCc1ccc2c(c1)CCC2)C(=O)O. The van der Waals surface area contributed by atoms with Crippen molar-refractivity contribution in [2.75, 3.05) is 0 Å². The van der Waals surface area contributed by atoms with E-state index in [4.69, 9.17) is 0 Å². The molecule has 116 valence electrons. The van der Waals surface area contributed by atoms with E-state index in [-0.39, 0.29) is 5.41 Å². The topological polar surface area (TPSA) is 49.3 Å². The van der Waals surface area contributed by atoms with Gasteiger partial charge >= 0.3 is 5.97 Å². The van der Waals surface area contributed by atoms with Crippen LogP contribution in [0.3, 0.4) is 0 Å². The third kappa shape index (κ3) is 4.85. The van der Waals surface area contributed by atoms with Gasteiger partial charge < -0.3 is 10.4 Å². The monoisotopic (exact) mass is 289 g/mol. The molecule has 0 saturated carbocycles. The van der Waals surface area contributed by atoms with Gasteiger partial charge in [0.15, 0.2) is 0 Å². The molecule has 0 fully saturated rings. The lowest BCUT2D eigenvalue weighted by Crippen LogP contribution is -2.37. The third-order valence-electron chi connectivity index (χ3n) is 4.20. The van der Waals surface area contributed by atoms with Crippen molar-refractivity contribution in [3.05, 3.63) is 34.9 Å². The first kappa shape index (κ1) is 16.0. The van der Waals surface area contributed by atoms with Gasteiger partial charge in [0, 0.05) is 6.54 Å². The van der Waals surface area contributed by atoms with Gasteiger partial charge in [-0.05, 0) is 54.2 Å². The van der Waals surface area contributed by atoms with Gasteiger partial charge in [0.2, 0.25) is 0 Å². The number of fused-ring (bicyclic) bond motifs is 1. The second-order valence-corrected chi connectivity index (χ2v) is 7.33. The summed E-state index contributed by atoms with van der Waals surface area (Å²) in [5.41, 5.74) is 4.26. The first-order valence-electron chi connectivity index (χ1n) is 7.92. The van der Waals surface area contributed by atoms with Gasteiger partial charge in [-0.25, -0.2) is 0 Å². The van der Waals surface area contributed by atoms with E-state index in [1.807, 2.05) is 0 Å². The molecule has 0 saturated heterocycles. The number of aryl methyl sites for hydroxylation is 2. The number of nitrogens with one attached hydrogen (secondary N) is 1. The number of carboxylic acids is 1. The number of carboxylic acid groups (broad SMARTS) is 1. The molecule has 2 rings (SSSR count). The average Bonchev–Trinajstić information content (AvgIpc) is 2.84. The molecule has 1 aliphatic carbocycles. The van der Waals surface area contributed by atoms with E-state index < -0.39 is 12.0 Å². The molecule has 21 heavy (non-hydrogen) atoms. The highest BCUT2D eigenvalue weighted by molar-refractivity contribution is 5.73. The zero-order valence-corrected chi connectivity index (χ0v) is 13.4. The molecule has 0 unspecified atom stereocenters. The molecule has 0 aromatic heterocycles. The fourth-order valence-corrected chi connectivity index (χ4v) is 2.87. The largest absolute Gasteiger partial charge is 0.480 e. The summed E-state index contributed by atoms with van der Waals surface area (Å²) in [4.78, 5) is 11.4. The van der Waals surface area contributed by atoms with Gasteiger partial charge in [0.1, 0.15) is 6.04 Å². The van der Waals surface area contributed by atoms with Gasteiger partial charge in [-0.1, -0.05) is 39.0 Å². The van der Waals surface area contributed by atoms with Gasteiger partial charge in [-0.2, -0.15) is 0 Å². The van der Waals surface area contributed by atoms with Crippen LogP contribution >= 0.6 is 0 Å². The summed E-state index contributed by atoms with van der Waals surface area (Å²) in [6, 6.07) is 6.10. The number of carbonyl (C=O) groups is 1. The molecule has 1 aromatic rings. The maximum Gasteiger partial charge on any atom is 0.320 e. The van der Waals surface area contributed by atoms with E-state index in [2.05, 4.69) is 44.3 Å². The molecular formula is C18H27NO2. The Bertz CT molecular complexity index is 502. The van der Waals surface area contributed by atoms with Crippen molar-refractivity contribution in [2.24, 2.45) is 5.41 Å². The van der Waals surface area contributed by atoms with Crippen LogP contribution in [0.4, 0.5) is 0 Å². The van der Waals surface area contributed by atoms with Crippen LogP contribution in [0.5, 0.6) is 0 Å². The average molecular weight is 289 g/mol. The second kappa shape index (κ2) is 6.61. The number of hydrogen-bond donors (Lipinski definition) is 2. The van der Waals surface area contributed by atoms with Crippen molar-refractivity contribution in [1.29, 1.82) is 0 Å². The fourth-order valence-electron chi connectivity index (χ4n) is 2.87. The fraction of sp³-hybridized carbons (Fsp3) is 0.611. The number of hydrogen-bond acceptors (Lipinski definition) is 2. The number of rotatable bonds is 6. The Morgan fingerprint density at radius 2 is 2.00 bits per heavy atom. The normalized spacial score (nSPS) is 15.8. The van der Waals surface area contributed by atoms with Crippen LogP contribution in [0.1, 0.15) is 56.7 Å². The zero-order valence-electron chi connectivity index (χ0n) is 13.4. The van der Waals surface area contributed by atoms with E-state index in [9.17, 15) is 9.90 Å². The predicted molar refractivity (Wildman–Crippen MR) is 85.4 cm³/mol. The van der Waals surface area contributed by atoms with Crippen molar-refractivity contribution in [1.82, 2.24) is 5.32 Å². The van der Waals surface area contributed by atoms with Crippen LogP contribution in [0.25, 0.3) is 0 Å². The predicted octanol–water partition coefficient (Wildman–Crippen LogP) is 3.54. The molecule has 1 atom stereocenters. The lowest BCUT2D eigenvalue weighted by Gasteiger charge is -2.21. The Morgan fingerprint density at radius 1 is 1.29 bits per heavy atom. The standard InChI is InChI=1S/C18H27NO2/c1-18(2,3)10-9-16(17(20)21)19-12-13-7-8-14-5-4-6-15(14)11-13/h7-8,11,16,19H,4-6,9-10,12H2,1-3H3,(H,20,21)/t16-/m0/s1. The van der Waals surface area contributed by atoms with Gasteiger partial charge in [-0.15, -0.1) is 0 Å². The van der Waals surface area contributed by atoms with Crippen LogP contribution in [0.2, 0.25) is 0 Å². The number of aliphatic carboxylic acids is 1. The summed E-state index contributed by atoms with van der Waals surface area (Å²) in [6.07, 6.45) is 5.17. The Morgan fingerprint density at radius 3 is 2.67 bits per heavy atom. The van der Waals surface area contributed by atoms with Crippen molar-refractivity contribution < 1.29 is 9.90 Å². The minimum Gasteiger partial charge on any atom is -0.480 e. The summed E-state index contributed by atoms with van der Waals surface area (Å²) in [5, 5.41) is 12.5. The lowest BCUT2D eigenvalue weighted by molar-refractivity contribution is -0.139. The summed E-state index contributed by atoms with van der Waals surface area (Å²) in [6.45, 7) is 7.07. The van der Waals surface area contributed by atoms with E-state index >= 15 is 0 Å². The molecule has 1 aliphatic rings. The molecule has 3 heteroatoms. The summed E-state index contributed by atoms with van der Waals surface area (Å²) < 4.78 is 0. The van der Waals surface area contributed by atoms with E-state index in [1.54, 1.807) is 0 Å². The van der Waals surface area contributed by atoms with E-state index in [0.717, 1.165) is 12.8 Å². The van der Waals surface area contributed by atoms with Crippen LogP contribution in [0.15, 0.2) is 18.2 Å². The van der Waals surface area contributed by atoms with Crippen molar-refractivity contribution in [3.63, 3.8) is 0 Å². The summed E-state index contributed by atoms with van der Waals surface area (Å²) in [7, 11) is 0. The summed E-state index contributed by atoms with van der Waals surface area (Å²) >= 11 is 0. The molecule has 0 bridgehead atoms. The molecule has 0 aliphatic heterocycles. The molecular weight excluding hydrogens is 262 g/mol. The third-order valence-corrected chi connectivity index (χ3v) is 4.20. The van der Waals surface area contributed by atoms with E-state index in [0.29, 0.717) is 13.0 Å². The summed E-state index contributed by atoms with van der Waals surface area (Å²) in [5.74, 6) is -0.750. The smallest absolute Gasteiger partial charge is 0.320 e. The molecule has 0 heterocycles. The molecule has 0 amide bonds. The number of benzene rings is 1. The van der Waals surface area contributed by atoms with Gasteiger partial charge in [0.05, 0.1) is 0 Å². The highest BCUT2D eigenvalue weighted by Crippen LogP contribution is 2.24. The molecule has 1 aromatic carbocycles. The Labute approximate surface area is 127 Å². The van der Waals surface area contributed by atoms with E-state index in [1.165, 1.54) is 29.5 Å². The van der Waals surface area contributed by atoms with Crippen LogP contribution in [-0.4, -0.2) is 17.1 Å². The molecule has 0 radical (unpaired) electrons. The first-order valence-corrected chi connectivity index (χ1v) is 7.92. The maximum absolute atomic E-state index is 11.4. The van der Waals surface area contributed by atoms with Crippen molar-refractivity contribution >= 4 is 5.97 Å². The second-order valence-electron chi connectivity index (χ2n) is 7.33. The maximum atomic E-state index is 11.4.